The van der Waals surface area contributed by atoms with Crippen LogP contribution < -0.4 is 4.74 Å². The van der Waals surface area contributed by atoms with Crippen LogP contribution in [-0.4, -0.2) is 9.55 Å². The van der Waals surface area contributed by atoms with E-state index >= 15 is 0 Å². The third-order valence-corrected chi connectivity index (χ3v) is 5.41. The summed E-state index contributed by atoms with van der Waals surface area (Å²) >= 11 is 0. The van der Waals surface area contributed by atoms with E-state index < -0.39 is 0 Å². The van der Waals surface area contributed by atoms with Crippen LogP contribution in [0.2, 0.25) is 0 Å². The molecule has 0 aliphatic heterocycles. The molecule has 3 heteroatoms. The third-order valence-electron chi connectivity index (χ3n) is 5.41. The number of hydrogen-bond donors (Lipinski definition) is 0. The van der Waals surface area contributed by atoms with Gasteiger partial charge in [-0.15, -0.1) is 0 Å². The van der Waals surface area contributed by atoms with Crippen molar-refractivity contribution in [2.24, 2.45) is 0 Å². The number of pyridine rings is 1. The Bertz CT molecular complexity index is 1300. The Kier molecular flexibility index (Phi) is 4.56. The predicted octanol–water partition coefficient (Wildman–Crippen LogP) is 7.10. The van der Waals surface area contributed by atoms with Crippen LogP contribution in [0.25, 0.3) is 27.8 Å². The first-order chi connectivity index (χ1) is 14.7. The molecule has 3 nitrogen and oxygen atoms in total. The predicted molar refractivity (Wildman–Crippen MR) is 122 cm³/mol. The highest BCUT2D eigenvalue weighted by Gasteiger charge is 2.10. The lowest BCUT2D eigenvalue weighted by atomic mass is 9.99. The lowest BCUT2D eigenvalue weighted by Crippen LogP contribution is -1.94. The molecule has 0 saturated carbocycles. The smallest absolute Gasteiger partial charge is 0.127 e. The summed E-state index contributed by atoms with van der Waals surface area (Å²) < 4.78 is 8.06. The van der Waals surface area contributed by atoms with E-state index in [1.54, 1.807) is 0 Å². The van der Waals surface area contributed by atoms with Crippen molar-refractivity contribution in [3.05, 3.63) is 108 Å². The Morgan fingerprint density at radius 2 is 1.43 bits per heavy atom. The number of fused-ring (bicyclic) bond motifs is 1. The van der Waals surface area contributed by atoms with Crippen LogP contribution in [0.1, 0.15) is 11.1 Å². The van der Waals surface area contributed by atoms with E-state index in [4.69, 9.17) is 9.72 Å². The second-order valence-corrected chi connectivity index (χ2v) is 7.49. The highest BCUT2D eigenvalue weighted by Crippen LogP contribution is 2.30. The number of aromatic nitrogens is 2. The van der Waals surface area contributed by atoms with Gasteiger partial charge in [0, 0.05) is 22.8 Å². The summed E-state index contributed by atoms with van der Waals surface area (Å²) in [6, 6.07) is 28.6. The zero-order valence-electron chi connectivity index (χ0n) is 17.0. The summed E-state index contributed by atoms with van der Waals surface area (Å²) in [7, 11) is 0. The monoisotopic (exact) mass is 390 g/mol. The zero-order chi connectivity index (χ0) is 20.5. The van der Waals surface area contributed by atoms with E-state index in [-0.39, 0.29) is 0 Å². The van der Waals surface area contributed by atoms with Crippen LogP contribution in [0.15, 0.2) is 97.3 Å². The fraction of sp³-hybridized carbons (Fsp3) is 0.0741. The molecule has 0 N–H and O–H groups in total. The number of para-hydroxylation sites is 1. The van der Waals surface area contributed by atoms with Gasteiger partial charge < -0.3 is 9.30 Å². The Labute approximate surface area is 176 Å². The molecule has 5 aromatic rings. The number of hydrogen-bond acceptors (Lipinski definition) is 2. The van der Waals surface area contributed by atoms with Crippen LogP contribution in [0.4, 0.5) is 0 Å². The maximum Gasteiger partial charge on any atom is 0.127 e. The molecule has 0 radical (unpaired) electrons. The maximum atomic E-state index is 5.90. The van der Waals surface area contributed by atoms with Crippen LogP contribution >= 0.6 is 0 Å². The molecule has 0 amide bonds. The summed E-state index contributed by atoms with van der Waals surface area (Å²) in [5, 5.41) is 1.17. The van der Waals surface area contributed by atoms with Crippen molar-refractivity contribution >= 4 is 10.9 Å². The molecule has 2 heterocycles. The molecule has 0 spiro atoms. The summed E-state index contributed by atoms with van der Waals surface area (Å²) in [5.41, 5.74) is 6.89. The van der Waals surface area contributed by atoms with E-state index in [2.05, 4.69) is 67.1 Å². The van der Waals surface area contributed by atoms with Gasteiger partial charge in [0.2, 0.25) is 0 Å². The van der Waals surface area contributed by atoms with Gasteiger partial charge >= 0.3 is 0 Å². The van der Waals surface area contributed by atoms with Crippen molar-refractivity contribution in [3.63, 3.8) is 0 Å². The largest absolute Gasteiger partial charge is 0.457 e. The van der Waals surface area contributed by atoms with Crippen molar-refractivity contribution in [2.75, 3.05) is 0 Å². The molecule has 0 saturated heterocycles. The van der Waals surface area contributed by atoms with Crippen molar-refractivity contribution in [1.29, 1.82) is 0 Å². The topological polar surface area (TPSA) is 27.1 Å². The molecule has 5 rings (SSSR count). The van der Waals surface area contributed by atoms with Crippen LogP contribution in [0.5, 0.6) is 11.5 Å². The Morgan fingerprint density at radius 3 is 2.17 bits per heavy atom. The van der Waals surface area contributed by atoms with Gasteiger partial charge in [-0.25, -0.2) is 0 Å². The van der Waals surface area contributed by atoms with E-state index in [0.717, 1.165) is 28.4 Å². The second-order valence-electron chi connectivity index (χ2n) is 7.49. The highest BCUT2D eigenvalue weighted by molar-refractivity contribution is 5.85. The van der Waals surface area contributed by atoms with Gasteiger partial charge in [0.1, 0.15) is 11.5 Å². The molecule has 146 valence electrons. The molecular weight excluding hydrogens is 368 g/mol. The molecule has 3 aromatic carbocycles. The van der Waals surface area contributed by atoms with Crippen LogP contribution in [0, 0.1) is 13.8 Å². The lowest BCUT2D eigenvalue weighted by molar-refractivity contribution is 0.482. The highest BCUT2D eigenvalue weighted by atomic mass is 16.5. The molecule has 30 heavy (non-hydrogen) atoms. The minimum Gasteiger partial charge on any atom is -0.457 e. The normalized spacial score (nSPS) is 11.0. The first-order valence-corrected chi connectivity index (χ1v) is 10.1. The van der Waals surface area contributed by atoms with Gasteiger partial charge in [0.15, 0.2) is 0 Å². The van der Waals surface area contributed by atoms with Crippen LogP contribution in [-0.2, 0) is 0 Å². The van der Waals surface area contributed by atoms with Crippen molar-refractivity contribution in [2.45, 2.75) is 13.8 Å². The van der Waals surface area contributed by atoms with Gasteiger partial charge in [-0.3, -0.25) is 4.98 Å². The summed E-state index contributed by atoms with van der Waals surface area (Å²) in [4.78, 5) is 4.79. The van der Waals surface area contributed by atoms with Gasteiger partial charge in [-0.2, -0.15) is 0 Å². The van der Waals surface area contributed by atoms with E-state index in [0.29, 0.717) is 0 Å². The van der Waals surface area contributed by atoms with E-state index in [1.165, 1.54) is 22.1 Å². The van der Waals surface area contributed by atoms with Gasteiger partial charge in [0.05, 0.1) is 17.4 Å². The van der Waals surface area contributed by atoms with Gasteiger partial charge in [-0.05, 0) is 73.5 Å². The standard InChI is InChI=1S/C27H22N2O/c1-19-7-6-8-20(2)27(19)25-17-21-15-16-29(26(21)18-28-25)22-11-13-24(14-12-22)30-23-9-4-3-5-10-23/h3-18H,1-2H3. The summed E-state index contributed by atoms with van der Waals surface area (Å²) in [6.07, 6.45) is 4.05. The Hall–Kier alpha value is -3.85. The van der Waals surface area contributed by atoms with Crippen molar-refractivity contribution in [1.82, 2.24) is 9.55 Å². The number of rotatable bonds is 4. The summed E-state index contributed by atoms with van der Waals surface area (Å²) in [5.74, 6) is 1.65. The number of nitrogens with zero attached hydrogens (tertiary/aromatic N) is 2. The molecular formula is C27H22N2O. The molecule has 0 fully saturated rings. The van der Waals surface area contributed by atoms with E-state index in [9.17, 15) is 0 Å². The van der Waals surface area contributed by atoms with Crippen molar-refractivity contribution < 1.29 is 4.74 Å². The minimum absolute atomic E-state index is 0.817. The second kappa shape index (κ2) is 7.53. The van der Waals surface area contributed by atoms with Gasteiger partial charge in [-0.1, -0.05) is 36.4 Å². The number of ether oxygens (including phenoxy) is 1. The number of aryl methyl sites for hydroxylation is 2. The molecule has 0 aliphatic carbocycles. The lowest BCUT2D eigenvalue weighted by Gasteiger charge is -2.11. The fourth-order valence-electron chi connectivity index (χ4n) is 3.91. The quantitative estimate of drug-likeness (QED) is 0.327. The molecule has 0 atom stereocenters. The fourth-order valence-corrected chi connectivity index (χ4v) is 3.91. The summed E-state index contributed by atoms with van der Waals surface area (Å²) in [6.45, 7) is 4.27. The average Bonchev–Trinajstić information content (AvgIpc) is 3.18. The van der Waals surface area contributed by atoms with Crippen LogP contribution in [0.3, 0.4) is 0 Å². The first-order valence-electron chi connectivity index (χ1n) is 10.1. The first kappa shape index (κ1) is 18.2. The SMILES string of the molecule is Cc1cccc(C)c1-c1cc2ccn(-c3ccc(Oc4ccccc4)cc3)c2cn1. The molecule has 2 aromatic heterocycles. The molecule has 0 aliphatic rings. The minimum atomic E-state index is 0.817. The maximum absolute atomic E-state index is 5.90. The molecule has 0 bridgehead atoms. The third kappa shape index (κ3) is 3.35. The van der Waals surface area contributed by atoms with Crippen molar-refractivity contribution in [3.8, 4) is 28.4 Å². The Morgan fingerprint density at radius 1 is 0.733 bits per heavy atom. The Balaban J connectivity index is 1.47. The average molecular weight is 390 g/mol. The van der Waals surface area contributed by atoms with Gasteiger partial charge in [0.25, 0.3) is 0 Å². The van der Waals surface area contributed by atoms with E-state index in [1.807, 2.05) is 48.7 Å². The number of benzene rings is 3. The molecule has 0 unspecified atom stereocenters. The zero-order valence-corrected chi connectivity index (χ0v) is 17.0.